The summed E-state index contributed by atoms with van der Waals surface area (Å²) in [5.74, 6) is 13.7. The molecule has 316 valence electrons. The van der Waals surface area contributed by atoms with Crippen LogP contribution in [0.15, 0.2) is 0 Å². The first kappa shape index (κ1) is 41.7. The average molecular weight is 758 g/mol. The predicted octanol–water partition coefficient (Wildman–Crippen LogP) is 15.6. The van der Waals surface area contributed by atoms with Gasteiger partial charge in [0.05, 0.1) is 0 Å². The number of rotatable bonds is 12. The van der Waals surface area contributed by atoms with Gasteiger partial charge in [-0.2, -0.15) is 0 Å². The largest absolute Gasteiger partial charge is 0.311 e. The summed E-state index contributed by atoms with van der Waals surface area (Å²) in [5.41, 5.74) is 2.51. The van der Waals surface area contributed by atoms with Crippen molar-refractivity contribution in [1.82, 2.24) is 5.32 Å². The molecule has 0 unspecified atom stereocenters. The standard InChI is InChI=1S/C54H95N/c1-35(2)13-11-15-37(5)45-21-23-47-43-19-17-39-33-41(25-29-51(39,7)49(43)27-31-53(45,47)9)55-42-26-30-52(8)40(34-42)18-20-44-48-24-22-46(38(6)16-12-14-36(3)4)54(48,10)32-28-50(44)52/h35-50,55H,11-34H2,1-10H3/t37-,38-,39+,40+,41+,42+,43-,44+,45+,46+,47-,48+,49-,50-,51+,52-,53-,54+/m1/s1. The summed E-state index contributed by atoms with van der Waals surface area (Å²) in [7, 11) is 0. The highest BCUT2D eigenvalue weighted by Gasteiger charge is 2.62. The Balaban J connectivity index is 0.840. The quantitative estimate of drug-likeness (QED) is 0.209. The van der Waals surface area contributed by atoms with Crippen molar-refractivity contribution in [2.45, 2.75) is 235 Å². The van der Waals surface area contributed by atoms with Crippen LogP contribution in [0.3, 0.4) is 0 Å². The first-order valence-corrected chi connectivity index (χ1v) is 25.9. The minimum atomic E-state index is 0.619. The van der Waals surface area contributed by atoms with Gasteiger partial charge in [-0.1, -0.05) is 108 Å². The highest BCUT2D eigenvalue weighted by molar-refractivity contribution is 5.12. The highest BCUT2D eigenvalue weighted by Crippen LogP contribution is 2.70. The van der Waals surface area contributed by atoms with Gasteiger partial charge in [-0.25, -0.2) is 0 Å². The van der Waals surface area contributed by atoms with E-state index in [0.717, 1.165) is 94.9 Å². The Morgan fingerprint density at radius 3 is 1.20 bits per heavy atom. The summed E-state index contributed by atoms with van der Waals surface area (Å²) in [5, 5.41) is 4.47. The van der Waals surface area contributed by atoms with Gasteiger partial charge in [-0.3, -0.25) is 0 Å². The van der Waals surface area contributed by atoms with E-state index < -0.39 is 0 Å². The van der Waals surface area contributed by atoms with Crippen LogP contribution in [0.1, 0.15) is 223 Å². The topological polar surface area (TPSA) is 12.0 Å². The van der Waals surface area contributed by atoms with Crippen molar-refractivity contribution in [1.29, 1.82) is 0 Å². The first-order chi connectivity index (χ1) is 26.2. The molecular formula is C54H95N. The number of fused-ring (bicyclic) bond motifs is 10. The Kier molecular flexibility index (Phi) is 12.2. The molecule has 8 saturated carbocycles. The van der Waals surface area contributed by atoms with Crippen LogP contribution in [0.5, 0.6) is 0 Å². The van der Waals surface area contributed by atoms with Gasteiger partial charge in [0.1, 0.15) is 0 Å². The Morgan fingerprint density at radius 2 is 0.800 bits per heavy atom. The Labute approximate surface area is 344 Å². The van der Waals surface area contributed by atoms with Crippen molar-refractivity contribution < 1.29 is 0 Å². The van der Waals surface area contributed by atoms with E-state index in [9.17, 15) is 0 Å². The van der Waals surface area contributed by atoms with Crippen LogP contribution in [0, 0.1) is 105 Å². The van der Waals surface area contributed by atoms with Crippen molar-refractivity contribution in [3.63, 3.8) is 0 Å². The van der Waals surface area contributed by atoms with Crippen molar-refractivity contribution in [2.75, 3.05) is 0 Å². The van der Waals surface area contributed by atoms with E-state index in [1.165, 1.54) is 77.0 Å². The molecule has 0 aromatic rings. The molecule has 8 rings (SSSR count). The molecule has 0 aromatic heterocycles. The summed E-state index contributed by atoms with van der Waals surface area (Å²) in [6, 6.07) is 1.59. The van der Waals surface area contributed by atoms with E-state index in [1.54, 1.807) is 77.0 Å². The van der Waals surface area contributed by atoms with Crippen LogP contribution in [-0.2, 0) is 0 Å². The number of nitrogens with one attached hydrogen (secondary N) is 1. The van der Waals surface area contributed by atoms with Crippen molar-refractivity contribution in [2.24, 2.45) is 105 Å². The monoisotopic (exact) mass is 758 g/mol. The maximum absolute atomic E-state index is 4.47. The van der Waals surface area contributed by atoms with E-state index in [2.05, 4.69) is 74.6 Å². The van der Waals surface area contributed by atoms with Crippen LogP contribution in [0.25, 0.3) is 0 Å². The molecule has 0 spiro atoms. The fourth-order valence-corrected chi connectivity index (χ4v) is 19.2. The molecule has 0 saturated heterocycles. The van der Waals surface area contributed by atoms with Gasteiger partial charge >= 0.3 is 0 Å². The van der Waals surface area contributed by atoms with Crippen LogP contribution in [-0.4, -0.2) is 12.1 Å². The SMILES string of the molecule is CC(C)CCC[C@@H](C)[C@@H]1CC[C@H]2[C@@H]3CC[C@H]4C[C@@H](N[C@H]5CC[C@@]6(C)[C@@H](CC[C@H]7[C@H]6CC[C@@]6(C)[C@@H]7CC[C@H]6[C@H](C)CCCC(C)C)C5)CC[C@@]4(C)[C@@H]3CC[C@]21C. The van der Waals surface area contributed by atoms with Gasteiger partial charge in [-0.15, -0.1) is 0 Å². The van der Waals surface area contributed by atoms with Gasteiger partial charge in [-0.05, 0) is 220 Å². The molecule has 8 aliphatic carbocycles. The second kappa shape index (κ2) is 16.1. The summed E-state index contributed by atoms with van der Waals surface area (Å²) < 4.78 is 0. The maximum Gasteiger partial charge on any atom is 0.00727 e. The highest BCUT2D eigenvalue weighted by atomic mass is 15.0. The Hall–Kier alpha value is -0.0400. The normalized spacial score (nSPS) is 50.4. The van der Waals surface area contributed by atoms with E-state index in [1.807, 2.05) is 0 Å². The fourth-order valence-electron chi connectivity index (χ4n) is 19.2. The minimum absolute atomic E-state index is 0.619. The van der Waals surface area contributed by atoms with E-state index >= 15 is 0 Å². The zero-order valence-corrected chi connectivity index (χ0v) is 38.7. The summed E-state index contributed by atoms with van der Waals surface area (Å²) in [4.78, 5) is 0. The number of hydrogen-bond acceptors (Lipinski definition) is 1. The fraction of sp³-hybridized carbons (Fsp3) is 1.00. The predicted molar refractivity (Wildman–Crippen MR) is 237 cm³/mol. The molecule has 0 heterocycles. The third kappa shape index (κ3) is 7.44. The lowest BCUT2D eigenvalue weighted by Crippen LogP contribution is -2.57. The summed E-state index contributed by atoms with van der Waals surface area (Å²) in [6.07, 6.45) is 36.3. The van der Waals surface area contributed by atoms with Crippen LogP contribution in [0.4, 0.5) is 0 Å². The molecule has 18 atom stereocenters. The van der Waals surface area contributed by atoms with Crippen molar-refractivity contribution >= 4 is 0 Å². The molecule has 0 bridgehead atoms. The zero-order chi connectivity index (χ0) is 38.9. The Bertz CT molecular complexity index is 1190. The second-order valence-corrected chi connectivity index (χ2v) is 25.5. The first-order valence-electron chi connectivity index (χ1n) is 25.9. The van der Waals surface area contributed by atoms with Crippen molar-refractivity contribution in [3.8, 4) is 0 Å². The van der Waals surface area contributed by atoms with E-state index in [-0.39, 0.29) is 0 Å². The van der Waals surface area contributed by atoms with Gasteiger partial charge in [0, 0.05) is 12.1 Å². The molecule has 0 aliphatic heterocycles. The summed E-state index contributed by atoms with van der Waals surface area (Å²) in [6.45, 7) is 26.2. The van der Waals surface area contributed by atoms with Crippen molar-refractivity contribution in [3.05, 3.63) is 0 Å². The second-order valence-electron chi connectivity index (χ2n) is 25.5. The average Bonchev–Trinajstić information content (AvgIpc) is 3.68. The van der Waals surface area contributed by atoms with Gasteiger partial charge < -0.3 is 5.32 Å². The maximum atomic E-state index is 4.47. The van der Waals surface area contributed by atoms with Gasteiger partial charge in [0.25, 0.3) is 0 Å². The molecule has 0 radical (unpaired) electrons. The van der Waals surface area contributed by atoms with Crippen LogP contribution >= 0.6 is 0 Å². The third-order valence-corrected chi connectivity index (χ3v) is 22.2. The summed E-state index contributed by atoms with van der Waals surface area (Å²) >= 11 is 0. The molecule has 1 N–H and O–H groups in total. The minimum Gasteiger partial charge on any atom is -0.311 e. The van der Waals surface area contributed by atoms with E-state index in [4.69, 9.17) is 0 Å². The smallest absolute Gasteiger partial charge is 0.00727 e. The van der Waals surface area contributed by atoms with Crippen LogP contribution in [0.2, 0.25) is 0 Å². The van der Waals surface area contributed by atoms with E-state index in [0.29, 0.717) is 21.7 Å². The van der Waals surface area contributed by atoms with Gasteiger partial charge in [0.15, 0.2) is 0 Å². The number of hydrogen-bond donors (Lipinski definition) is 1. The van der Waals surface area contributed by atoms with Crippen LogP contribution < -0.4 is 5.32 Å². The molecular weight excluding hydrogens is 663 g/mol. The third-order valence-electron chi connectivity index (χ3n) is 22.2. The Morgan fingerprint density at radius 1 is 0.418 bits per heavy atom. The lowest BCUT2D eigenvalue weighted by Gasteiger charge is -2.62. The molecule has 55 heavy (non-hydrogen) atoms. The molecule has 1 nitrogen and oxygen atoms in total. The lowest BCUT2D eigenvalue weighted by atomic mass is 9.44. The molecule has 0 amide bonds. The lowest BCUT2D eigenvalue weighted by molar-refractivity contribution is -0.124. The molecule has 8 aliphatic rings. The molecule has 0 aromatic carbocycles. The zero-order valence-electron chi connectivity index (χ0n) is 38.7. The van der Waals surface area contributed by atoms with Gasteiger partial charge in [0.2, 0.25) is 0 Å². The molecule has 1 heteroatoms. The molecule has 8 fully saturated rings.